The van der Waals surface area contributed by atoms with Crippen LogP contribution in [0.25, 0.3) is 10.8 Å². The zero-order chi connectivity index (χ0) is 19.1. The van der Waals surface area contributed by atoms with Crippen LogP contribution in [-0.2, 0) is 9.59 Å². The summed E-state index contributed by atoms with van der Waals surface area (Å²) < 4.78 is 0. The van der Waals surface area contributed by atoms with E-state index in [-0.39, 0.29) is 12.4 Å². The van der Waals surface area contributed by atoms with Crippen molar-refractivity contribution < 1.29 is 14.7 Å². The summed E-state index contributed by atoms with van der Waals surface area (Å²) in [5.74, 6) is -1.67. The fourth-order valence-corrected chi connectivity index (χ4v) is 2.71. The van der Waals surface area contributed by atoms with E-state index in [1.54, 1.807) is 6.07 Å². The number of carboxylic acids is 1. The van der Waals surface area contributed by atoms with Gasteiger partial charge in [0, 0.05) is 18.9 Å². The van der Waals surface area contributed by atoms with E-state index in [1.807, 2.05) is 36.4 Å². The van der Waals surface area contributed by atoms with Crippen LogP contribution in [0.3, 0.4) is 0 Å². The van der Waals surface area contributed by atoms with E-state index >= 15 is 0 Å². The first-order valence-electron chi connectivity index (χ1n) is 8.25. The van der Waals surface area contributed by atoms with E-state index in [0.29, 0.717) is 18.7 Å². The molecule has 0 aliphatic carbocycles. The van der Waals surface area contributed by atoms with Crippen molar-refractivity contribution >= 4 is 34.3 Å². The van der Waals surface area contributed by atoms with Gasteiger partial charge in [-0.05, 0) is 24.3 Å². The zero-order valence-corrected chi connectivity index (χ0v) is 14.5. The van der Waals surface area contributed by atoms with Crippen molar-refractivity contribution in [3.63, 3.8) is 0 Å². The molecule has 0 heterocycles. The minimum atomic E-state index is -1.10. The number of aliphatic carboxylic acids is 1. The fourth-order valence-electron chi connectivity index (χ4n) is 2.71. The highest BCUT2D eigenvalue weighted by Gasteiger charge is 2.28. The number of fused-ring (bicyclic) bond motifs is 1. The molecule has 0 fully saturated rings. The maximum Gasteiger partial charge on any atom is 0.328 e. The molecule has 2 rings (SSSR count). The first-order valence-corrected chi connectivity index (χ1v) is 8.25. The Labute approximate surface area is 151 Å². The molecule has 0 unspecified atom stereocenters. The summed E-state index contributed by atoms with van der Waals surface area (Å²) in [6.45, 7) is 1.68. The summed E-state index contributed by atoms with van der Waals surface area (Å²) >= 11 is 0. The van der Waals surface area contributed by atoms with E-state index in [9.17, 15) is 14.7 Å². The summed E-state index contributed by atoms with van der Waals surface area (Å²) in [7, 11) is 0. The number of carbonyl (C=O) groups is 2. The lowest BCUT2D eigenvalue weighted by Crippen LogP contribution is -2.48. The van der Waals surface area contributed by atoms with Crippen LogP contribution in [0.1, 0.15) is 19.8 Å². The topological polar surface area (TPSA) is 132 Å². The fraction of sp³-hybridized carbons (Fsp3) is 0.278. The molecule has 0 saturated carbocycles. The third-order valence-corrected chi connectivity index (χ3v) is 3.94. The summed E-state index contributed by atoms with van der Waals surface area (Å²) in [6, 6.07) is 12.2. The molecule has 8 heteroatoms. The van der Waals surface area contributed by atoms with Crippen LogP contribution in [0.5, 0.6) is 0 Å². The lowest BCUT2D eigenvalue weighted by molar-refractivity contribution is -0.148. The van der Waals surface area contributed by atoms with Crippen molar-refractivity contribution in [2.24, 2.45) is 5.73 Å². The molecule has 2 aromatic rings. The van der Waals surface area contributed by atoms with Gasteiger partial charge in [-0.25, -0.2) is 9.80 Å². The van der Waals surface area contributed by atoms with Crippen LogP contribution >= 0.6 is 0 Å². The largest absolute Gasteiger partial charge is 0.480 e. The molecular formula is C18H23N5O3. The summed E-state index contributed by atoms with van der Waals surface area (Å²) in [5.41, 5.74) is 8.84. The van der Waals surface area contributed by atoms with E-state index in [1.165, 1.54) is 6.92 Å². The molecule has 0 aliphatic heterocycles. The first-order chi connectivity index (χ1) is 12.4. The Kier molecular flexibility index (Phi) is 6.37. The van der Waals surface area contributed by atoms with Gasteiger partial charge in [-0.3, -0.25) is 15.6 Å². The third-order valence-electron chi connectivity index (χ3n) is 3.94. The highest BCUT2D eigenvalue weighted by Crippen LogP contribution is 2.24. The Morgan fingerprint density at radius 2 is 1.92 bits per heavy atom. The average Bonchev–Trinajstić information content (AvgIpc) is 2.59. The Morgan fingerprint density at radius 1 is 1.23 bits per heavy atom. The lowest BCUT2D eigenvalue weighted by Gasteiger charge is -2.29. The molecule has 0 spiro atoms. The molecule has 0 bridgehead atoms. The van der Waals surface area contributed by atoms with Crippen molar-refractivity contribution in [1.29, 1.82) is 5.41 Å². The molecule has 0 aromatic heterocycles. The molecular weight excluding hydrogens is 334 g/mol. The van der Waals surface area contributed by atoms with Crippen LogP contribution in [0.4, 0.5) is 5.69 Å². The van der Waals surface area contributed by atoms with Crippen LogP contribution in [0.2, 0.25) is 0 Å². The molecule has 138 valence electrons. The molecule has 0 radical (unpaired) electrons. The summed E-state index contributed by atoms with van der Waals surface area (Å²) in [5, 5.41) is 22.3. The predicted molar refractivity (Wildman–Crippen MR) is 101 cm³/mol. The number of guanidine groups is 1. The number of nitrogens with one attached hydrogen (secondary N) is 3. The van der Waals surface area contributed by atoms with Crippen molar-refractivity contribution in [1.82, 2.24) is 10.3 Å². The van der Waals surface area contributed by atoms with E-state index in [0.717, 1.165) is 15.8 Å². The van der Waals surface area contributed by atoms with Gasteiger partial charge in [0.05, 0.1) is 5.69 Å². The Bertz CT molecular complexity index is 803. The molecule has 1 atom stereocenters. The van der Waals surface area contributed by atoms with Crippen LogP contribution in [0, 0.1) is 5.41 Å². The number of hydrogen-bond donors (Lipinski definition) is 5. The second-order valence-electron chi connectivity index (χ2n) is 5.86. The van der Waals surface area contributed by atoms with E-state index < -0.39 is 17.9 Å². The van der Waals surface area contributed by atoms with Crippen LogP contribution in [-0.4, -0.2) is 40.5 Å². The number of benzene rings is 2. The van der Waals surface area contributed by atoms with Gasteiger partial charge in [0.1, 0.15) is 0 Å². The second kappa shape index (κ2) is 8.70. The Hall–Kier alpha value is -3.29. The van der Waals surface area contributed by atoms with Gasteiger partial charge in [0.25, 0.3) is 0 Å². The standard InChI is InChI=1S/C18H23N5O3/c1-12(24)23(16(17(25)26)10-5-11-21-18(19)20)22-15-9-4-7-13-6-2-3-8-14(13)15/h2-4,6-9,16,22H,5,10-11H2,1H3,(H,25,26)(H4,19,20,21)/t16-/m0/s1. The van der Waals surface area contributed by atoms with Gasteiger partial charge in [-0.15, -0.1) is 0 Å². The van der Waals surface area contributed by atoms with Gasteiger partial charge in [-0.1, -0.05) is 36.4 Å². The van der Waals surface area contributed by atoms with Crippen molar-refractivity contribution in [2.75, 3.05) is 12.0 Å². The van der Waals surface area contributed by atoms with Gasteiger partial charge in [0.15, 0.2) is 12.0 Å². The van der Waals surface area contributed by atoms with Crippen molar-refractivity contribution in [3.05, 3.63) is 42.5 Å². The average molecular weight is 357 g/mol. The van der Waals surface area contributed by atoms with Gasteiger partial charge >= 0.3 is 5.97 Å². The number of carboxylic acid groups (broad SMARTS) is 1. The van der Waals surface area contributed by atoms with Crippen LogP contribution in [0.15, 0.2) is 42.5 Å². The zero-order valence-electron chi connectivity index (χ0n) is 14.5. The predicted octanol–water partition coefficient (Wildman–Crippen LogP) is 1.73. The quantitative estimate of drug-likeness (QED) is 0.212. The number of nitrogens with two attached hydrogens (primary N) is 1. The number of anilines is 1. The number of carbonyl (C=O) groups excluding carboxylic acids is 1. The summed E-state index contributed by atoms with van der Waals surface area (Å²) in [4.78, 5) is 23.8. The number of hydrazine groups is 1. The third kappa shape index (κ3) is 4.85. The van der Waals surface area contributed by atoms with Gasteiger partial charge in [-0.2, -0.15) is 0 Å². The normalized spacial score (nSPS) is 11.6. The Morgan fingerprint density at radius 3 is 2.58 bits per heavy atom. The monoisotopic (exact) mass is 357 g/mol. The molecule has 1 amide bonds. The number of rotatable bonds is 8. The molecule has 0 saturated heterocycles. The molecule has 26 heavy (non-hydrogen) atoms. The SMILES string of the molecule is CC(=O)N(Nc1cccc2ccccc12)[C@@H](CCCNC(=N)N)C(=O)O. The minimum absolute atomic E-state index is 0.172. The molecule has 0 aliphatic rings. The maximum absolute atomic E-state index is 12.1. The van der Waals surface area contributed by atoms with E-state index in [4.69, 9.17) is 11.1 Å². The highest BCUT2D eigenvalue weighted by atomic mass is 16.4. The van der Waals surface area contributed by atoms with Crippen LogP contribution < -0.4 is 16.5 Å². The summed E-state index contributed by atoms with van der Waals surface area (Å²) in [6.07, 6.45) is 0.657. The van der Waals surface area contributed by atoms with Crippen molar-refractivity contribution in [2.45, 2.75) is 25.8 Å². The Balaban J connectivity index is 2.20. The number of amides is 1. The van der Waals surface area contributed by atoms with E-state index in [2.05, 4.69) is 10.7 Å². The van der Waals surface area contributed by atoms with Gasteiger partial charge in [0.2, 0.25) is 5.91 Å². The van der Waals surface area contributed by atoms with Crippen molar-refractivity contribution in [3.8, 4) is 0 Å². The second-order valence-corrected chi connectivity index (χ2v) is 5.86. The number of nitrogens with zero attached hydrogens (tertiary/aromatic N) is 1. The van der Waals surface area contributed by atoms with Gasteiger partial charge < -0.3 is 16.2 Å². The highest BCUT2D eigenvalue weighted by molar-refractivity contribution is 5.95. The molecule has 8 nitrogen and oxygen atoms in total. The minimum Gasteiger partial charge on any atom is -0.480 e. The maximum atomic E-state index is 12.1. The number of hydrogen-bond acceptors (Lipinski definition) is 4. The lowest BCUT2D eigenvalue weighted by atomic mass is 10.1. The molecule has 6 N–H and O–H groups in total. The smallest absolute Gasteiger partial charge is 0.328 e. The first kappa shape index (κ1) is 19.0. The molecule has 2 aromatic carbocycles.